The van der Waals surface area contributed by atoms with Gasteiger partial charge in [0.1, 0.15) is 18.2 Å². The molecular weight excluding hydrogens is 300 g/mol. The maximum Gasteiger partial charge on any atom is 0.124 e. The van der Waals surface area contributed by atoms with E-state index in [1.165, 1.54) is 12.1 Å². The summed E-state index contributed by atoms with van der Waals surface area (Å²) < 4.78 is 19.1. The highest BCUT2D eigenvalue weighted by molar-refractivity contribution is 6.30. The van der Waals surface area contributed by atoms with Crippen LogP contribution in [0.15, 0.2) is 42.5 Å². The van der Waals surface area contributed by atoms with E-state index in [1.807, 2.05) is 24.3 Å². The van der Waals surface area contributed by atoms with Gasteiger partial charge in [0.05, 0.1) is 6.04 Å². The lowest BCUT2D eigenvalue weighted by molar-refractivity contribution is 0.324. The fraction of sp³-hybridized carbons (Fsp3) is 0.200. The van der Waals surface area contributed by atoms with Gasteiger partial charge in [-0.1, -0.05) is 23.7 Å². The topological polar surface area (TPSA) is 21.3 Å². The number of hydrogen-bond acceptors (Lipinski definition) is 2. The zero-order valence-electron chi connectivity index (χ0n) is 10.6. The second-order valence-corrected chi connectivity index (χ2v) is 4.91. The summed E-state index contributed by atoms with van der Waals surface area (Å²) in [5.74, 6) is 0.469. The van der Waals surface area contributed by atoms with E-state index in [2.05, 4.69) is 5.32 Å². The number of hydrogen-bond donors (Lipinski definition) is 1. The van der Waals surface area contributed by atoms with Gasteiger partial charge in [-0.3, -0.25) is 0 Å². The predicted molar refractivity (Wildman–Crippen MR) is 80.4 cm³/mol. The second kappa shape index (κ2) is 6.44. The summed E-state index contributed by atoms with van der Waals surface area (Å²) in [7, 11) is 0. The minimum atomic E-state index is -0.259. The molecule has 0 aliphatic carbocycles. The first-order valence-electron chi connectivity index (χ1n) is 6.15. The van der Waals surface area contributed by atoms with Crippen LogP contribution in [-0.4, -0.2) is 13.2 Å². The molecule has 5 heteroatoms. The Bertz CT molecular complexity index is 589. The Hall–Kier alpha value is -1.29. The quantitative estimate of drug-likeness (QED) is 0.860. The Kier molecular flexibility index (Phi) is 4.86. The molecule has 1 aliphatic heterocycles. The van der Waals surface area contributed by atoms with Crippen molar-refractivity contribution in [3.8, 4) is 5.75 Å². The lowest BCUT2D eigenvalue weighted by atomic mass is 9.98. The van der Waals surface area contributed by atoms with Gasteiger partial charge in [-0.15, -0.1) is 12.4 Å². The molecule has 1 aliphatic rings. The van der Waals surface area contributed by atoms with Crippen LogP contribution in [0.1, 0.15) is 17.2 Å². The van der Waals surface area contributed by atoms with Crippen LogP contribution in [-0.2, 0) is 0 Å². The van der Waals surface area contributed by atoms with Crippen molar-refractivity contribution < 1.29 is 9.13 Å². The standard InChI is InChI=1S/C15H13ClFNO.ClH/c16-11-3-1-10(2-4-11)15-13-9-12(17)5-6-14(13)19-8-7-18-15;/h1-6,9,15,18H,7-8H2;1H. The Morgan fingerprint density at radius 2 is 1.90 bits per heavy atom. The van der Waals surface area contributed by atoms with Gasteiger partial charge >= 0.3 is 0 Å². The lowest BCUT2D eigenvalue weighted by Crippen LogP contribution is -2.23. The third-order valence-corrected chi connectivity index (χ3v) is 3.45. The van der Waals surface area contributed by atoms with Crippen molar-refractivity contribution >= 4 is 24.0 Å². The molecule has 0 spiro atoms. The third kappa shape index (κ3) is 3.06. The maximum absolute atomic E-state index is 13.5. The molecule has 2 aromatic rings. The van der Waals surface area contributed by atoms with E-state index in [0.29, 0.717) is 18.2 Å². The molecule has 0 aromatic heterocycles. The molecule has 0 saturated carbocycles. The fourth-order valence-electron chi connectivity index (χ4n) is 2.30. The summed E-state index contributed by atoms with van der Waals surface area (Å²) in [6.45, 7) is 1.28. The predicted octanol–water partition coefficient (Wildman–Crippen LogP) is 3.97. The van der Waals surface area contributed by atoms with Crippen LogP contribution >= 0.6 is 24.0 Å². The molecule has 2 nitrogen and oxygen atoms in total. The zero-order chi connectivity index (χ0) is 13.2. The minimum Gasteiger partial charge on any atom is -0.492 e. The van der Waals surface area contributed by atoms with E-state index < -0.39 is 0 Å². The van der Waals surface area contributed by atoms with E-state index in [-0.39, 0.29) is 24.3 Å². The van der Waals surface area contributed by atoms with Crippen molar-refractivity contribution in [2.24, 2.45) is 0 Å². The average molecular weight is 314 g/mol. The zero-order valence-corrected chi connectivity index (χ0v) is 12.2. The summed E-state index contributed by atoms with van der Waals surface area (Å²) in [6, 6.07) is 12.1. The van der Waals surface area contributed by atoms with Gasteiger partial charge < -0.3 is 10.1 Å². The van der Waals surface area contributed by atoms with E-state index in [4.69, 9.17) is 16.3 Å². The van der Waals surface area contributed by atoms with Crippen molar-refractivity contribution in [3.63, 3.8) is 0 Å². The van der Waals surface area contributed by atoms with Crippen LogP contribution in [0.3, 0.4) is 0 Å². The number of halogens is 3. The van der Waals surface area contributed by atoms with E-state index >= 15 is 0 Å². The molecule has 0 radical (unpaired) electrons. The average Bonchev–Trinajstić information content (AvgIpc) is 2.62. The molecule has 1 N–H and O–H groups in total. The highest BCUT2D eigenvalue weighted by Gasteiger charge is 2.21. The first-order chi connectivity index (χ1) is 9.24. The van der Waals surface area contributed by atoms with Crippen molar-refractivity contribution in [3.05, 3.63) is 64.4 Å². The van der Waals surface area contributed by atoms with Gasteiger partial charge in [-0.2, -0.15) is 0 Å². The molecule has 106 valence electrons. The maximum atomic E-state index is 13.5. The van der Waals surface area contributed by atoms with Crippen LogP contribution in [0.2, 0.25) is 5.02 Å². The van der Waals surface area contributed by atoms with Gasteiger partial charge in [0, 0.05) is 17.1 Å². The number of ether oxygens (including phenoxy) is 1. The normalized spacial score (nSPS) is 17.4. The van der Waals surface area contributed by atoms with Crippen molar-refractivity contribution in [1.29, 1.82) is 0 Å². The molecule has 0 fully saturated rings. The molecule has 2 aromatic carbocycles. The second-order valence-electron chi connectivity index (χ2n) is 4.47. The van der Waals surface area contributed by atoms with Crippen LogP contribution in [0.5, 0.6) is 5.75 Å². The number of nitrogens with one attached hydrogen (secondary N) is 1. The van der Waals surface area contributed by atoms with Gasteiger partial charge in [0.2, 0.25) is 0 Å². The van der Waals surface area contributed by atoms with E-state index in [9.17, 15) is 4.39 Å². The molecule has 0 amide bonds. The van der Waals surface area contributed by atoms with Crippen LogP contribution in [0.25, 0.3) is 0 Å². The Labute approximate surface area is 128 Å². The van der Waals surface area contributed by atoms with Crippen LogP contribution in [0.4, 0.5) is 4.39 Å². The Morgan fingerprint density at radius 1 is 1.15 bits per heavy atom. The van der Waals surface area contributed by atoms with Gasteiger partial charge in [0.15, 0.2) is 0 Å². The molecule has 1 unspecified atom stereocenters. The minimum absolute atomic E-state index is 0. The summed E-state index contributed by atoms with van der Waals surface area (Å²) in [5.41, 5.74) is 1.86. The Morgan fingerprint density at radius 3 is 2.65 bits per heavy atom. The number of rotatable bonds is 1. The highest BCUT2D eigenvalue weighted by atomic mass is 35.5. The lowest BCUT2D eigenvalue weighted by Gasteiger charge is -2.18. The molecule has 20 heavy (non-hydrogen) atoms. The van der Waals surface area contributed by atoms with E-state index in [0.717, 1.165) is 16.9 Å². The molecule has 0 bridgehead atoms. The van der Waals surface area contributed by atoms with Crippen molar-refractivity contribution in [2.45, 2.75) is 6.04 Å². The van der Waals surface area contributed by atoms with Gasteiger partial charge in [0.25, 0.3) is 0 Å². The summed E-state index contributed by atoms with van der Waals surface area (Å²) in [4.78, 5) is 0. The summed E-state index contributed by atoms with van der Waals surface area (Å²) in [6.07, 6.45) is 0. The molecule has 1 heterocycles. The fourth-order valence-corrected chi connectivity index (χ4v) is 2.43. The van der Waals surface area contributed by atoms with Crippen LogP contribution < -0.4 is 10.1 Å². The monoisotopic (exact) mass is 313 g/mol. The SMILES string of the molecule is Cl.Fc1ccc2c(c1)C(c1ccc(Cl)cc1)NCCO2. The smallest absolute Gasteiger partial charge is 0.124 e. The summed E-state index contributed by atoms with van der Waals surface area (Å²) in [5, 5.41) is 4.05. The summed E-state index contributed by atoms with van der Waals surface area (Å²) >= 11 is 5.90. The first kappa shape index (κ1) is 15.1. The molecule has 3 rings (SSSR count). The van der Waals surface area contributed by atoms with Crippen LogP contribution in [0, 0.1) is 5.82 Å². The molecule has 0 saturated heterocycles. The first-order valence-corrected chi connectivity index (χ1v) is 6.53. The van der Waals surface area contributed by atoms with Gasteiger partial charge in [-0.25, -0.2) is 4.39 Å². The van der Waals surface area contributed by atoms with Gasteiger partial charge in [-0.05, 0) is 35.9 Å². The third-order valence-electron chi connectivity index (χ3n) is 3.19. The largest absolute Gasteiger partial charge is 0.492 e. The number of benzene rings is 2. The van der Waals surface area contributed by atoms with E-state index in [1.54, 1.807) is 6.07 Å². The number of fused-ring (bicyclic) bond motifs is 1. The van der Waals surface area contributed by atoms with Crippen molar-refractivity contribution in [2.75, 3.05) is 13.2 Å². The van der Waals surface area contributed by atoms with Crippen molar-refractivity contribution in [1.82, 2.24) is 5.32 Å². The molecular formula is C15H14Cl2FNO. The highest BCUT2D eigenvalue weighted by Crippen LogP contribution is 2.32. The Balaban J connectivity index is 0.00000147. The molecule has 1 atom stereocenters.